The molecule has 1 aromatic rings. The number of nitrogens with one attached hydrogen (secondary N) is 1. The highest BCUT2D eigenvalue weighted by Gasteiger charge is 2.25. The van der Waals surface area contributed by atoms with Crippen LogP contribution in [-0.2, 0) is 0 Å². The maximum Gasteiger partial charge on any atom is 0.256 e. The van der Waals surface area contributed by atoms with Crippen molar-refractivity contribution in [3.05, 3.63) is 29.8 Å². The van der Waals surface area contributed by atoms with Crippen molar-refractivity contribution in [3.63, 3.8) is 0 Å². The Balaban J connectivity index is 2.17. The van der Waals surface area contributed by atoms with E-state index in [0.29, 0.717) is 6.04 Å². The average Bonchev–Trinajstić information content (AvgIpc) is 2.45. The minimum absolute atomic E-state index is 0.159. The van der Waals surface area contributed by atoms with Crippen LogP contribution in [0.15, 0.2) is 24.3 Å². The monoisotopic (exact) mass is 278 g/mol. The SMILES string of the molecule is CCCNc1ccccc1C(=O)N1CCSCC1C. The van der Waals surface area contributed by atoms with Crippen molar-refractivity contribution < 1.29 is 4.79 Å². The predicted molar refractivity (Wildman–Crippen MR) is 83.0 cm³/mol. The number of hydrogen-bond donors (Lipinski definition) is 1. The number of hydrogen-bond acceptors (Lipinski definition) is 3. The maximum atomic E-state index is 12.7. The Labute approximate surface area is 119 Å². The van der Waals surface area contributed by atoms with Crippen LogP contribution in [0.3, 0.4) is 0 Å². The summed E-state index contributed by atoms with van der Waals surface area (Å²) in [7, 11) is 0. The van der Waals surface area contributed by atoms with Crippen LogP contribution in [0.2, 0.25) is 0 Å². The molecule has 1 N–H and O–H groups in total. The van der Waals surface area contributed by atoms with Crippen molar-refractivity contribution in [1.29, 1.82) is 0 Å². The summed E-state index contributed by atoms with van der Waals surface area (Å²) in [5, 5.41) is 3.35. The molecule has 1 atom stereocenters. The van der Waals surface area contributed by atoms with Crippen LogP contribution in [0.5, 0.6) is 0 Å². The number of thioether (sulfide) groups is 1. The van der Waals surface area contributed by atoms with E-state index < -0.39 is 0 Å². The second-order valence-corrected chi connectivity index (χ2v) is 6.04. The molecule has 0 spiro atoms. The van der Waals surface area contributed by atoms with Gasteiger partial charge in [-0.3, -0.25) is 4.79 Å². The Bertz CT molecular complexity index is 436. The van der Waals surface area contributed by atoms with Gasteiger partial charge in [-0.1, -0.05) is 19.1 Å². The molecule has 0 bridgehead atoms. The summed E-state index contributed by atoms with van der Waals surface area (Å²) < 4.78 is 0. The highest BCUT2D eigenvalue weighted by molar-refractivity contribution is 7.99. The van der Waals surface area contributed by atoms with E-state index in [-0.39, 0.29) is 5.91 Å². The van der Waals surface area contributed by atoms with Gasteiger partial charge in [-0.05, 0) is 25.5 Å². The highest BCUT2D eigenvalue weighted by atomic mass is 32.2. The zero-order valence-electron chi connectivity index (χ0n) is 11.7. The minimum atomic E-state index is 0.159. The Morgan fingerprint density at radius 3 is 3.00 bits per heavy atom. The van der Waals surface area contributed by atoms with Gasteiger partial charge in [-0.15, -0.1) is 0 Å². The first-order chi connectivity index (χ1) is 9.24. The van der Waals surface area contributed by atoms with Crippen molar-refractivity contribution >= 4 is 23.4 Å². The first-order valence-corrected chi connectivity index (χ1v) is 8.11. The van der Waals surface area contributed by atoms with Gasteiger partial charge in [0.15, 0.2) is 0 Å². The van der Waals surface area contributed by atoms with Gasteiger partial charge >= 0.3 is 0 Å². The molecular weight excluding hydrogens is 256 g/mol. The molecule has 2 rings (SSSR count). The molecule has 1 amide bonds. The number of carbonyl (C=O) groups is 1. The lowest BCUT2D eigenvalue weighted by molar-refractivity contribution is 0.0717. The topological polar surface area (TPSA) is 32.3 Å². The number of rotatable bonds is 4. The molecule has 3 nitrogen and oxygen atoms in total. The van der Waals surface area contributed by atoms with Crippen LogP contribution in [0.1, 0.15) is 30.6 Å². The van der Waals surface area contributed by atoms with E-state index in [1.807, 2.05) is 40.9 Å². The van der Waals surface area contributed by atoms with Crippen molar-refractivity contribution in [1.82, 2.24) is 4.90 Å². The summed E-state index contributed by atoms with van der Waals surface area (Å²) in [5.41, 5.74) is 1.76. The second-order valence-electron chi connectivity index (χ2n) is 4.89. The van der Waals surface area contributed by atoms with Crippen LogP contribution in [-0.4, -0.2) is 41.4 Å². The quantitative estimate of drug-likeness (QED) is 0.918. The van der Waals surface area contributed by atoms with Gasteiger partial charge in [0.1, 0.15) is 0 Å². The molecular formula is C15H22N2OS. The number of para-hydroxylation sites is 1. The first kappa shape index (κ1) is 14.3. The summed E-state index contributed by atoms with van der Waals surface area (Å²) >= 11 is 1.93. The summed E-state index contributed by atoms with van der Waals surface area (Å²) in [6, 6.07) is 8.16. The average molecular weight is 278 g/mol. The molecule has 4 heteroatoms. The predicted octanol–water partition coefficient (Wildman–Crippen LogP) is 3.09. The number of amides is 1. The number of benzene rings is 1. The molecule has 0 radical (unpaired) electrons. The third kappa shape index (κ3) is 3.44. The Hall–Kier alpha value is -1.16. The van der Waals surface area contributed by atoms with Gasteiger partial charge in [0, 0.05) is 36.3 Å². The fraction of sp³-hybridized carbons (Fsp3) is 0.533. The molecule has 1 fully saturated rings. The largest absolute Gasteiger partial charge is 0.384 e. The molecule has 1 aliphatic rings. The van der Waals surface area contributed by atoms with Crippen molar-refractivity contribution in [2.24, 2.45) is 0 Å². The molecule has 1 aromatic carbocycles. The molecule has 104 valence electrons. The number of nitrogens with zero attached hydrogens (tertiary/aromatic N) is 1. The van der Waals surface area contributed by atoms with E-state index in [1.165, 1.54) is 0 Å². The molecule has 0 saturated carbocycles. The standard InChI is InChI=1S/C15H22N2OS/c1-3-8-16-14-7-5-4-6-13(14)15(18)17-9-10-19-11-12(17)2/h4-7,12,16H,3,8-11H2,1-2H3. The van der Waals surface area contributed by atoms with E-state index in [9.17, 15) is 4.79 Å². The van der Waals surface area contributed by atoms with Crippen LogP contribution < -0.4 is 5.32 Å². The third-order valence-corrected chi connectivity index (χ3v) is 4.54. The zero-order chi connectivity index (χ0) is 13.7. The Morgan fingerprint density at radius 1 is 1.47 bits per heavy atom. The lowest BCUT2D eigenvalue weighted by atomic mass is 10.1. The highest BCUT2D eigenvalue weighted by Crippen LogP contribution is 2.22. The molecule has 1 aliphatic heterocycles. The molecule has 1 heterocycles. The van der Waals surface area contributed by atoms with Crippen molar-refractivity contribution in [2.45, 2.75) is 26.3 Å². The van der Waals surface area contributed by atoms with Gasteiger partial charge in [-0.2, -0.15) is 11.8 Å². The zero-order valence-corrected chi connectivity index (χ0v) is 12.5. The van der Waals surface area contributed by atoms with E-state index in [0.717, 1.165) is 42.3 Å². The molecule has 1 unspecified atom stereocenters. The van der Waals surface area contributed by atoms with E-state index >= 15 is 0 Å². The summed E-state index contributed by atoms with van der Waals surface area (Å²) in [6.07, 6.45) is 1.05. The van der Waals surface area contributed by atoms with Crippen molar-refractivity contribution in [2.75, 3.05) is 29.9 Å². The summed E-state index contributed by atoms with van der Waals surface area (Å²) in [4.78, 5) is 14.7. The maximum absolute atomic E-state index is 12.7. The summed E-state index contributed by atoms with van der Waals surface area (Å²) in [5.74, 6) is 2.24. The van der Waals surface area contributed by atoms with E-state index in [2.05, 4.69) is 19.2 Å². The molecule has 0 aliphatic carbocycles. The van der Waals surface area contributed by atoms with E-state index in [4.69, 9.17) is 0 Å². The van der Waals surface area contributed by atoms with Gasteiger partial charge < -0.3 is 10.2 Å². The molecule has 1 saturated heterocycles. The second kappa shape index (κ2) is 6.85. The normalized spacial score (nSPS) is 19.3. The Kier molecular flexibility index (Phi) is 5.14. The van der Waals surface area contributed by atoms with Gasteiger partial charge in [-0.25, -0.2) is 0 Å². The lowest BCUT2D eigenvalue weighted by Crippen LogP contribution is -2.44. The Morgan fingerprint density at radius 2 is 2.26 bits per heavy atom. The van der Waals surface area contributed by atoms with Crippen molar-refractivity contribution in [3.8, 4) is 0 Å². The van der Waals surface area contributed by atoms with Crippen LogP contribution in [0.4, 0.5) is 5.69 Å². The van der Waals surface area contributed by atoms with Crippen LogP contribution in [0.25, 0.3) is 0 Å². The fourth-order valence-corrected chi connectivity index (χ4v) is 3.28. The third-order valence-electron chi connectivity index (χ3n) is 3.35. The van der Waals surface area contributed by atoms with Crippen LogP contribution >= 0.6 is 11.8 Å². The molecule has 19 heavy (non-hydrogen) atoms. The van der Waals surface area contributed by atoms with E-state index in [1.54, 1.807) is 0 Å². The lowest BCUT2D eigenvalue weighted by Gasteiger charge is -2.33. The summed E-state index contributed by atoms with van der Waals surface area (Å²) in [6.45, 7) is 6.01. The van der Waals surface area contributed by atoms with Gasteiger partial charge in [0.2, 0.25) is 0 Å². The number of anilines is 1. The van der Waals surface area contributed by atoms with Gasteiger partial charge in [0.05, 0.1) is 5.56 Å². The van der Waals surface area contributed by atoms with Crippen LogP contribution in [0, 0.1) is 0 Å². The number of carbonyl (C=O) groups excluding carboxylic acids is 1. The van der Waals surface area contributed by atoms with Gasteiger partial charge in [0.25, 0.3) is 5.91 Å². The minimum Gasteiger partial charge on any atom is -0.384 e. The smallest absolute Gasteiger partial charge is 0.256 e. The molecule has 0 aromatic heterocycles. The fourth-order valence-electron chi connectivity index (χ4n) is 2.27. The first-order valence-electron chi connectivity index (χ1n) is 6.95.